The molecule has 2 unspecified atom stereocenters. The van der Waals surface area contributed by atoms with Gasteiger partial charge in [-0.05, 0) is 41.9 Å². The first kappa shape index (κ1) is 16.3. The zero-order valence-corrected chi connectivity index (χ0v) is 12.5. The number of halogens is 3. The van der Waals surface area contributed by atoms with Crippen LogP contribution in [0.1, 0.15) is 56.7 Å². The lowest BCUT2D eigenvalue weighted by Gasteiger charge is -2.43. The van der Waals surface area contributed by atoms with E-state index in [1.165, 1.54) is 18.6 Å². The lowest BCUT2D eigenvalue weighted by Crippen LogP contribution is -2.41. The van der Waals surface area contributed by atoms with Crippen LogP contribution in [0.4, 0.5) is 13.2 Å². The number of nitrogens with two attached hydrogens (primary N) is 1. The normalized spacial score (nSPS) is 23.8. The van der Waals surface area contributed by atoms with Crippen molar-refractivity contribution >= 4 is 0 Å². The van der Waals surface area contributed by atoms with Crippen molar-refractivity contribution in [3.05, 3.63) is 35.4 Å². The Labute approximate surface area is 123 Å². The van der Waals surface area contributed by atoms with Crippen molar-refractivity contribution in [2.45, 2.75) is 51.7 Å². The number of benzene rings is 1. The zero-order valence-electron chi connectivity index (χ0n) is 12.5. The molecule has 1 aliphatic rings. The standard InChI is InChI=1S/C16H23F3N2/c1-15(2)9-4-3-8-13(15)14(21-20)11-6-5-7-12(10-11)16(17,18)19/h5-7,10,13-14,21H,3-4,8-9,20H2,1-2H3. The van der Waals surface area contributed by atoms with Crippen LogP contribution in [0.15, 0.2) is 24.3 Å². The number of hydrogen-bond acceptors (Lipinski definition) is 2. The Morgan fingerprint density at radius 2 is 2.00 bits per heavy atom. The van der Waals surface area contributed by atoms with Gasteiger partial charge in [0, 0.05) is 6.04 Å². The van der Waals surface area contributed by atoms with Gasteiger partial charge >= 0.3 is 6.18 Å². The Hall–Kier alpha value is -1.07. The second kappa shape index (κ2) is 5.97. The summed E-state index contributed by atoms with van der Waals surface area (Å²) < 4.78 is 38.6. The first-order valence-electron chi connectivity index (χ1n) is 7.39. The van der Waals surface area contributed by atoms with Crippen molar-refractivity contribution in [1.29, 1.82) is 0 Å². The second-order valence-corrected chi connectivity index (χ2v) is 6.61. The van der Waals surface area contributed by atoms with E-state index in [1.807, 2.05) is 0 Å². The highest BCUT2D eigenvalue weighted by atomic mass is 19.4. The minimum atomic E-state index is -4.32. The molecular weight excluding hydrogens is 277 g/mol. The van der Waals surface area contributed by atoms with Gasteiger partial charge in [-0.2, -0.15) is 13.2 Å². The van der Waals surface area contributed by atoms with E-state index in [2.05, 4.69) is 19.3 Å². The van der Waals surface area contributed by atoms with Crippen LogP contribution in [0.25, 0.3) is 0 Å². The molecule has 0 spiro atoms. The fourth-order valence-corrected chi connectivity index (χ4v) is 3.49. The average Bonchev–Trinajstić information content (AvgIpc) is 2.41. The molecule has 2 rings (SSSR count). The summed E-state index contributed by atoms with van der Waals surface area (Å²) in [4.78, 5) is 0. The van der Waals surface area contributed by atoms with E-state index in [-0.39, 0.29) is 17.4 Å². The lowest BCUT2D eigenvalue weighted by molar-refractivity contribution is -0.137. The molecule has 1 saturated carbocycles. The van der Waals surface area contributed by atoms with Gasteiger partial charge in [-0.25, -0.2) is 0 Å². The molecule has 0 radical (unpaired) electrons. The molecular formula is C16H23F3N2. The van der Waals surface area contributed by atoms with E-state index in [1.54, 1.807) is 6.07 Å². The Morgan fingerprint density at radius 1 is 1.29 bits per heavy atom. The van der Waals surface area contributed by atoms with Crippen LogP contribution in [0.2, 0.25) is 0 Å². The molecule has 2 atom stereocenters. The van der Waals surface area contributed by atoms with Crippen molar-refractivity contribution < 1.29 is 13.2 Å². The molecule has 1 aromatic rings. The van der Waals surface area contributed by atoms with Crippen LogP contribution >= 0.6 is 0 Å². The molecule has 0 amide bonds. The van der Waals surface area contributed by atoms with Crippen molar-refractivity contribution in [1.82, 2.24) is 5.43 Å². The van der Waals surface area contributed by atoms with Gasteiger partial charge in [0.2, 0.25) is 0 Å². The van der Waals surface area contributed by atoms with Gasteiger partial charge in [0.25, 0.3) is 0 Å². The topological polar surface area (TPSA) is 38.0 Å². The maximum Gasteiger partial charge on any atom is 0.416 e. The third kappa shape index (κ3) is 3.58. The highest BCUT2D eigenvalue weighted by molar-refractivity contribution is 5.28. The molecule has 21 heavy (non-hydrogen) atoms. The van der Waals surface area contributed by atoms with Crippen LogP contribution in [0.5, 0.6) is 0 Å². The van der Waals surface area contributed by atoms with Crippen molar-refractivity contribution in [2.75, 3.05) is 0 Å². The molecule has 0 saturated heterocycles. The average molecular weight is 300 g/mol. The Kier molecular flexibility index (Phi) is 4.63. The summed E-state index contributed by atoms with van der Waals surface area (Å²) in [5.41, 5.74) is 2.83. The number of nitrogens with one attached hydrogen (secondary N) is 1. The van der Waals surface area contributed by atoms with Gasteiger partial charge in [0.05, 0.1) is 5.56 Å². The minimum Gasteiger partial charge on any atom is -0.271 e. The van der Waals surface area contributed by atoms with Gasteiger partial charge in [-0.15, -0.1) is 0 Å². The van der Waals surface area contributed by atoms with Gasteiger partial charge in [-0.3, -0.25) is 11.3 Å². The predicted octanol–water partition coefficient (Wildman–Crippen LogP) is 4.43. The van der Waals surface area contributed by atoms with Crippen molar-refractivity contribution in [3.63, 3.8) is 0 Å². The van der Waals surface area contributed by atoms with E-state index >= 15 is 0 Å². The molecule has 3 N–H and O–H groups in total. The summed E-state index contributed by atoms with van der Waals surface area (Å²) in [7, 11) is 0. The SMILES string of the molecule is CC1(C)CCCCC1C(NN)c1cccc(C(F)(F)F)c1. The van der Waals surface area contributed by atoms with E-state index in [0.29, 0.717) is 5.56 Å². The first-order valence-corrected chi connectivity index (χ1v) is 7.39. The molecule has 1 aromatic carbocycles. The third-order valence-electron chi connectivity index (χ3n) is 4.75. The smallest absolute Gasteiger partial charge is 0.271 e. The molecule has 1 fully saturated rings. The summed E-state index contributed by atoms with van der Waals surface area (Å²) in [6.07, 6.45) is 0.0127. The predicted molar refractivity (Wildman–Crippen MR) is 77.2 cm³/mol. The summed E-state index contributed by atoms with van der Waals surface area (Å²) in [6.45, 7) is 4.35. The maximum absolute atomic E-state index is 12.9. The monoisotopic (exact) mass is 300 g/mol. The van der Waals surface area contributed by atoms with E-state index < -0.39 is 11.7 Å². The molecule has 118 valence electrons. The molecule has 5 heteroatoms. The van der Waals surface area contributed by atoms with Gasteiger partial charge in [0.15, 0.2) is 0 Å². The fraction of sp³-hybridized carbons (Fsp3) is 0.625. The highest BCUT2D eigenvalue weighted by Gasteiger charge is 2.38. The zero-order chi connectivity index (χ0) is 15.7. The van der Waals surface area contributed by atoms with Crippen LogP contribution in [0, 0.1) is 11.3 Å². The summed E-state index contributed by atoms with van der Waals surface area (Å²) >= 11 is 0. The van der Waals surface area contributed by atoms with Gasteiger partial charge < -0.3 is 0 Å². The molecule has 0 bridgehead atoms. The molecule has 0 aliphatic heterocycles. The number of hydrazine groups is 1. The van der Waals surface area contributed by atoms with Crippen molar-refractivity contribution in [2.24, 2.45) is 17.2 Å². The van der Waals surface area contributed by atoms with Crippen LogP contribution in [0.3, 0.4) is 0 Å². The fourth-order valence-electron chi connectivity index (χ4n) is 3.49. The summed E-state index contributed by atoms with van der Waals surface area (Å²) in [5, 5.41) is 0. The van der Waals surface area contributed by atoms with Crippen LogP contribution in [-0.4, -0.2) is 0 Å². The second-order valence-electron chi connectivity index (χ2n) is 6.61. The van der Waals surface area contributed by atoms with Crippen molar-refractivity contribution in [3.8, 4) is 0 Å². The number of alkyl halides is 3. The quantitative estimate of drug-likeness (QED) is 0.640. The van der Waals surface area contributed by atoms with Gasteiger partial charge in [-0.1, -0.05) is 38.8 Å². The molecule has 0 heterocycles. The highest BCUT2D eigenvalue weighted by Crippen LogP contribution is 2.47. The third-order valence-corrected chi connectivity index (χ3v) is 4.75. The molecule has 2 nitrogen and oxygen atoms in total. The van der Waals surface area contributed by atoms with Crippen LogP contribution in [-0.2, 0) is 6.18 Å². The largest absolute Gasteiger partial charge is 0.416 e. The Balaban J connectivity index is 2.33. The van der Waals surface area contributed by atoms with E-state index in [9.17, 15) is 13.2 Å². The maximum atomic E-state index is 12.9. The summed E-state index contributed by atoms with van der Waals surface area (Å²) in [5.74, 6) is 5.92. The Bertz CT molecular complexity index is 483. The van der Waals surface area contributed by atoms with E-state index in [4.69, 9.17) is 5.84 Å². The van der Waals surface area contributed by atoms with E-state index in [0.717, 1.165) is 25.3 Å². The lowest BCUT2D eigenvalue weighted by atomic mass is 9.65. The summed E-state index contributed by atoms with van der Waals surface area (Å²) in [6, 6.07) is 5.25. The molecule has 1 aliphatic carbocycles. The first-order chi connectivity index (χ1) is 9.75. The molecule has 0 aromatic heterocycles. The minimum absolute atomic E-state index is 0.0729. The number of hydrogen-bond donors (Lipinski definition) is 2. The Morgan fingerprint density at radius 3 is 2.57 bits per heavy atom. The van der Waals surface area contributed by atoms with Gasteiger partial charge in [0.1, 0.15) is 0 Å². The number of rotatable bonds is 3. The van der Waals surface area contributed by atoms with Crippen LogP contribution < -0.4 is 11.3 Å².